The molecule has 0 aromatic heterocycles. The summed E-state index contributed by atoms with van der Waals surface area (Å²) in [6, 6.07) is 8.02. The number of ether oxygens (including phenoxy) is 2. The summed E-state index contributed by atoms with van der Waals surface area (Å²) in [6.07, 6.45) is 2.38. The van der Waals surface area contributed by atoms with E-state index in [1.165, 1.54) is 0 Å². The number of benzene rings is 1. The Kier molecular flexibility index (Phi) is 20.5. The quantitative estimate of drug-likeness (QED) is 0.139. The van der Waals surface area contributed by atoms with Crippen molar-refractivity contribution in [1.29, 1.82) is 0 Å². The number of aliphatic carboxylic acids is 1. The molecule has 0 aliphatic carbocycles. The van der Waals surface area contributed by atoms with Crippen molar-refractivity contribution in [1.82, 2.24) is 25.3 Å². The van der Waals surface area contributed by atoms with E-state index < -0.39 is 48.0 Å². The van der Waals surface area contributed by atoms with Gasteiger partial charge in [0.15, 0.2) is 0 Å². The van der Waals surface area contributed by atoms with Gasteiger partial charge in [0.2, 0.25) is 23.6 Å². The minimum Gasteiger partial charge on any atom is -0.481 e. The Labute approximate surface area is 330 Å². The Bertz CT molecular complexity index is 1360. The number of hydrogen-bond donors (Lipinski definition) is 3. The van der Waals surface area contributed by atoms with E-state index in [4.69, 9.17) is 14.6 Å². The van der Waals surface area contributed by atoms with E-state index in [9.17, 15) is 24.0 Å². The Morgan fingerprint density at radius 2 is 1.53 bits per heavy atom. The number of methoxy groups -OCH3 is 2. The average Bonchev–Trinajstić information content (AvgIpc) is 3.61. The Balaban J connectivity index is 2.22. The molecule has 0 saturated carbocycles. The number of nitrogens with one attached hydrogen (secondary N) is 2. The van der Waals surface area contributed by atoms with E-state index in [2.05, 4.69) is 24.5 Å². The molecule has 0 unspecified atom stereocenters. The first-order chi connectivity index (χ1) is 26.0. The number of imide groups is 1. The van der Waals surface area contributed by atoms with Crippen LogP contribution in [0.25, 0.3) is 0 Å². The summed E-state index contributed by atoms with van der Waals surface area (Å²) in [5.74, 6) is -2.73. The van der Waals surface area contributed by atoms with Crippen LogP contribution in [0.1, 0.15) is 92.6 Å². The molecule has 13 nitrogen and oxygen atoms in total. The molecule has 3 N–H and O–H groups in total. The first kappa shape index (κ1) is 47.8. The largest absolute Gasteiger partial charge is 0.481 e. The van der Waals surface area contributed by atoms with Crippen LogP contribution < -0.4 is 10.6 Å². The van der Waals surface area contributed by atoms with Crippen LogP contribution in [0.15, 0.2) is 30.3 Å². The van der Waals surface area contributed by atoms with Crippen LogP contribution in [0.2, 0.25) is 0 Å². The van der Waals surface area contributed by atoms with Gasteiger partial charge < -0.3 is 24.8 Å². The third-order valence-electron chi connectivity index (χ3n) is 11.4. The van der Waals surface area contributed by atoms with Gasteiger partial charge in [0.25, 0.3) is 0 Å². The number of carbonyl (C=O) groups is 5. The van der Waals surface area contributed by atoms with Crippen molar-refractivity contribution in [3.05, 3.63) is 35.9 Å². The van der Waals surface area contributed by atoms with E-state index in [0.29, 0.717) is 32.5 Å². The maximum absolute atomic E-state index is 14.2. The van der Waals surface area contributed by atoms with Gasteiger partial charge in [0.1, 0.15) is 0 Å². The third kappa shape index (κ3) is 13.9. The molecule has 8 atom stereocenters. The Morgan fingerprint density at radius 1 is 0.909 bits per heavy atom. The zero-order valence-corrected chi connectivity index (χ0v) is 35.4. The van der Waals surface area contributed by atoms with E-state index in [-0.39, 0.29) is 54.5 Å². The minimum absolute atomic E-state index is 0.00662. The summed E-state index contributed by atoms with van der Waals surface area (Å²) >= 11 is 0. The van der Waals surface area contributed by atoms with Gasteiger partial charge >= 0.3 is 5.97 Å². The highest BCUT2D eigenvalue weighted by atomic mass is 16.5. The van der Waals surface area contributed by atoms with Gasteiger partial charge in [-0.2, -0.15) is 0 Å². The zero-order chi connectivity index (χ0) is 41.4. The summed E-state index contributed by atoms with van der Waals surface area (Å²) in [5, 5.41) is 14.8. The van der Waals surface area contributed by atoms with Crippen LogP contribution in [-0.4, -0.2) is 134 Å². The molecule has 1 aromatic carbocycles. The molecule has 1 heterocycles. The first-order valence-electron chi connectivity index (χ1n) is 20.2. The molecule has 1 aliphatic heterocycles. The number of likely N-dealkylation sites (tertiary alicyclic amines) is 1. The summed E-state index contributed by atoms with van der Waals surface area (Å²) < 4.78 is 12.0. The van der Waals surface area contributed by atoms with Crippen LogP contribution >= 0.6 is 0 Å². The predicted molar refractivity (Wildman–Crippen MR) is 214 cm³/mol. The van der Waals surface area contributed by atoms with Gasteiger partial charge in [-0.15, -0.1) is 0 Å². The average molecular weight is 774 g/mol. The van der Waals surface area contributed by atoms with Crippen LogP contribution in [0.4, 0.5) is 0 Å². The summed E-state index contributed by atoms with van der Waals surface area (Å²) in [7, 11) is 6.81. The second-order valence-electron chi connectivity index (χ2n) is 16.0. The topological polar surface area (TPSA) is 158 Å². The Hall–Kier alpha value is -3.39. The molecule has 312 valence electrons. The van der Waals surface area contributed by atoms with E-state index in [1.54, 1.807) is 26.2 Å². The normalized spacial score (nSPS) is 18.5. The molecule has 13 heteroatoms. The fourth-order valence-corrected chi connectivity index (χ4v) is 8.37. The van der Waals surface area contributed by atoms with Gasteiger partial charge in [0.05, 0.1) is 42.7 Å². The van der Waals surface area contributed by atoms with Crippen molar-refractivity contribution in [2.75, 3.05) is 47.9 Å². The number of carbonyl (C=O) groups excluding carboxylic acids is 4. The number of rotatable bonds is 24. The molecule has 1 aliphatic rings. The molecular weight excluding hydrogens is 702 g/mol. The van der Waals surface area contributed by atoms with E-state index in [1.807, 2.05) is 81.8 Å². The van der Waals surface area contributed by atoms with Crippen LogP contribution in [0.5, 0.6) is 0 Å². The highest BCUT2D eigenvalue weighted by molar-refractivity contribution is 6.00. The fraction of sp³-hybridized carbons (Fsp3) is 0.738. The molecule has 55 heavy (non-hydrogen) atoms. The fourth-order valence-electron chi connectivity index (χ4n) is 8.37. The lowest BCUT2D eigenvalue weighted by molar-refractivity contribution is -0.144. The number of nitrogens with zero attached hydrogens (tertiary/aromatic N) is 3. The number of hydrogen-bond acceptors (Lipinski definition) is 9. The molecule has 1 fully saturated rings. The third-order valence-corrected chi connectivity index (χ3v) is 11.4. The number of carboxylic acid groups (broad SMARTS) is 1. The van der Waals surface area contributed by atoms with Crippen molar-refractivity contribution in [3.63, 3.8) is 0 Å². The lowest BCUT2D eigenvalue weighted by Gasteiger charge is -2.43. The highest BCUT2D eigenvalue weighted by Crippen LogP contribution is 2.30. The van der Waals surface area contributed by atoms with Gasteiger partial charge in [-0.3, -0.25) is 39.1 Å². The second-order valence-corrected chi connectivity index (χ2v) is 16.0. The maximum Gasteiger partial charge on any atom is 0.303 e. The summed E-state index contributed by atoms with van der Waals surface area (Å²) in [6.45, 7) is 15.1. The molecule has 4 amide bonds. The second kappa shape index (κ2) is 23.6. The number of likely N-dealkylation sites (N-methyl/N-ethyl adjacent to an activating group) is 2. The Morgan fingerprint density at radius 3 is 2.07 bits per heavy atom. The maximum atomic E-state index is 14.2. The molecule has 2 rings (SSSR count). The lowest BCUT2D eigenvalue weighted by atomic mass is 9.87. The van der Waals surface area contributed by atoms with Gasteiger partial charge in [0, 0.05) is 39.8 Å². The molecule has 0 bridgehead atoms. The van der Waals surface area contributed by atoms with Crippen molar-refractivity contribution in [3.8, 4) is 0 Å². The summed E-state index contributed by atoms with van der Waals surface area (Å²) in [5.41, 5.74) is 1.14. The molecule has 0 radical (unpaired) electrons. The highest BCUT2D eigenvalue weighted by Gasteiger charge is 2.43. The van der Waals surface area contributed by atoms with Crippen LogP contribution in [0, 0.1) is 23.7 Å². The number of amides is 4. The van der Waals surface area contributed by atoms with Crippen LogP contribution in [-0.2, 0) is 39.9 Å². The summed E-state index contributed by atoms with van der Waals surface area (Å²) in [4.78, 5) is 71.8. The van der Waals surface area contributed by atoms with Crippen molar-refractivity contribution in [2.45, 2.75) is 130 Å². The monoisotopic (exact) mass is 774 g/mol. The van der Waals surface area contributed by atoms with E-state index >= 15 is 0 Å². The predicted octanol–water partition coefficient (Wildman–Crippen LogP) is 4.23. The van der Waals surface area contributed by atoms with Crippen molar-refractivity contribution in [2.24, 2.45) is 23.7 Å². The molecule has 1 saturated heterocycles. The standard InChI is InChI=1S/C42H71N5O8/c1-12-29(6)38(46(9)37(28(4)5)42(53)44-41(52)36(27(2)3)45(8)24-17-21-35(49)50)33(54-10)26-34(48)47-25-16-20-32(47)39(55-11)30(7)40(51)43-23-22-31-18-14-13-15-19-31/h13-15,18-19,27-30,32-33,36-39H,12,16-17,20-26H2,1-11H3,(H,43,51)(H,49,50)(H,44,52,53)/t29-,30+,32-,33+,36-,37-,38-,39+/m0/s1. The van der Waals surface area contributed by atoms with Crippen molar-refractivity contribution < 1.29 is 38.6 Å². The van der Waals surface area contributed by atoms with E-state index in [0.717, 1.165) is 24.8 Å². The van der Waals surface area contributed by atoms with Gasteiger partial charge in [-0.1, -0.05) is 85.2 Å². The smallest absolute Gasteiger partial charge is 0.303 e. The molecule has 0 spiro atoms. The van der Waals surface area contributed by atoms with Crippen molar-refractivity contribution >= 4 is 29.6 Å². The SMILES string of the molecule is CC[C@H](C)[C@@H]([C@@H](CC(=O)N1CCC[C@H]1[C@H](OC)[C@@H](C)C(=O)NCCc1ccccc1)OC)N(C)[C@H](C(=O)NC(=O)[C@H](C(C)C)N(C)CCCC(=O)O)C(C)C. The van der Waals surface area contributed by atoms with Gasteiger partial charge in [-0.05, 0) is 69.6 Å². The zero-order valence-electron chi connectivity index (χ0n) is 35.4. The first-order valence-corrected chi connectivity index (χ1v) is 20.2. The molecule has 1 aromatic rings. The van der Waals surface area contributed by atoms with Gasteiger partial charge in [-0.25, -0.2) is 0 Å². The minimum atomic E-state index is -0.896. The number of carboxylic acids is 1. The lowest BCUT2D eigenvalue weighted by Crippen LogP contribution is -2.60. The van der Waals surface area contributed by atoms with Crippen LogP contribution in [0.3, 0.4) is 0 Å². The molecular formula is C42H71N5O8.